The quantitative estimate of drug-likeness (QED) is 0.511. The first-order chi connectivity index (χ1) is 8.40. The van der Waals surface area contributed by atoms with Crippen molar-refractivity contribution in [2.45, 2.75) is 39.2 Å². The summed E-state index contributed by atoms with van der Waals surface area (Å²) in [6.07, 6.45) is 1.34. The zero-order chi connectivity index (χ0) is 13.6. The molecule has 0 N–H and O–H groups in total. The number of rotatable bonds is 4. The number of aryl methyl sites for hydroxylation is 1. The van der Waals surface area contributed by atoms with Crippen LogP contribution in [0.3, 0.4) is 0 Å². The minimum atomic E-state index is -0.675. The lowest BCUT2D eigenvalue weighted by atomic mass is 10.1. The Hall–Kier alpha value is -1.16. The topological polar surface area (TPSA) is 35.5 Å². The van der Waals surface area contributed by atoms with E-state index < -0.39 is 11.8 Å². The molecule has 1 aromatic rings. The van der Waals surface area contributed by atoms with Crippen molar-refractivity contribution in [2.24, 2.45) is 0 Å². The smallest absolute Gasteiger partial charge is 0.428 e. The molecule has 4 heteroatoms. The van der Waals surface area contributed by atoms with Crippen LogP contribution in [0.5, 0.6) is 5.75 Å². The Labute approximate surface area is 114 Å². The fourth-order valence-electron chi connectivity index (χ4n) is 1.37. The van der Waals surface area contributed by atoms with Crippen molar-refractivity contribution in [1.82, 2.24) is 0 Å². The molecule has 0 aliphatic rings. The van der Waals surface area contributed by atoms with Crippen molar-refractivity contribution >= 4 is 18.8 Å². The number of hydrogen-bond donors (Lipinski definition) is 1. The van der Waals surface area contributed by atoms with Gasteiger partial charge in [0.05, 0.1) is 0 Å². The molecule has 0 radical (unpaired) electrons. The van der Waals surface area contributed by atoms with Crippen LogP contribution in [0, 0.1) is 0 Å². The first-order valence-electron chi connectivity index (χ1n) is 6.01. The highest BCUT2D eigenvalue weighted by Gasteiger charge is 2.17. The molecule has 0 heterocycles. The molecule has 0 saturated heterocycles. The van der Waals surface area contributed by atoms with Gasteiger partial charge in [-0.3, -0.25) is 0 Å². The summed E-state index contributed by atoms with van der Waals surface area (Å²) < 4.78 is 10.1. The second-order valence-electron chi connectivity index (χ2n) is 5.04. The molecule has 0 aromatic heterocycles. The van der Waals surface area contributed by atoms with Crippen molar-refractivity contribution in [2.75, 3.05) is 5.75 Å². The van der Waals surface area contributed by atoms with Crippen LogP contribution < -0.4 is 4.74 Å². The van der Waals surface area contributed by atoms with Crippen molar-refractivity contribution in [3.63, 3.8) is 0 Å². The monoisotopic (exact) mass is 268 g/mol. The number of hydrogen-bond acceptors (Lipinski definition) is 4. The average Bonchev–Trinajstić information content (AvgIpc) is 2.25. The Morgan fingerprint density at radius 3 is 2.33 bits per heavy atom. The fourth-order valence-corrected chi connectivity index (χ4v) is 1.53. The Bertz CT molecular complexity index is 379. The van der Waals surface area contributed by atoms with Crippen LogP contribution in [0.15, 0.2) is 24.3 Å². The molecule has 0 saturated carbocycles. The molecule has 0 bridgehead atoms. The zero-order valence-corrected chi connectivity index (χ0v) is 12.0. The molecule has 0 fully saturated rings. The second-order valence-corrected chi connectivity index (χ2v) is 5.48. The van der Waals surface area contributed by atoms with Gasteiger partial charge in [0, 0.05) is 0 Å². The number of carbonyl (C=O) groups is 1. The lowest BCUT2D eigenvalue weighted by Gasteiger charge is -2.18. The molecule has 0 aliphatic carbocycles. The van der Waals surface area contributed by atoms with Crippen LogP contribution in [0.4, 0.5) is 4.79 Å². The van der Waals surface area contributed by atoms with Gasteiger partial charge in [-0.05, 0) is 57.1 Å². The van der Waals surface area contributed by atoms with Gasteiger partial charge in [0.2, 0.25) is 0 Å². The summed E-state index contributed by atoms with van der Waals surface area (Å²) in [4.78, 5) is 11.4. The van der Waals surface area contributed by atoms with E-state index in [2.05, 4.69) is 12.6 Å². The summed E-state index contributed by atoms with van der Waals surface area (Å²) in [7, 11) is 0. The van der Waals surface area contributed by atoms with Gasteiger partial charge >= 0.3 is 6.16 Å². The highest BCUT2D eigenvalue weighted by molar-refractivity contribution is 7.80. The van der Waals surface area contributed by atoms with Crippen LogP contribution in [0.2, 0.25) is 0 Å². The number of benzene rings is 1. The van der Waals surface area contributed by atoms with Gasteiger partial charge in [0.1, 0.15) is 11.4 Å². The summed E-state index contributed by atoms with van der Waals surface area (Å²) >= 11 is 4.17. The van der Waals surface area contributed by atoms with Crippen LogP contribution >= 0.6 is 12.6 Å². The van der Waals surface area contributed by atoms with Crippen LogP contribution in [0.1, 0.15) is 32.8 Å². The number of thiol groups is 1. The fraction of sp³-hybridized carbons (Fsp3) is 0.500. The van der Waals surface area contributed by atoms with Gasteiger partial charge in [0.25, 0.3) is 0 Å². The lowest BCUT2D eigenvalue weighted by Crippen LogP contribution is -2.25. The van der Waals surface area contributed by atoms with E-state index in [-0.39, 0.29) is 0 Å². The number of ether oxygens (including phenoxy) is 2. The third-order valence-corrected chi connectivity index (χ3v) is 2.45. The molecule has 3 nitrogen and oxygen atoms in total. The van der Waals surface area contributed by atoms with E-state index in [4.69, 9.17) is 9.47 Å². The van der Waals surface area contributed by atoms with Gasteiger partial charge in [0.15, 0.2) is 0 Å². The SMILES string of the molecule is CC(C)(C)OC(=O)Oc1ccc(CCCS)cc1. The third-order valence-electron chi connectivity index (χ3n) is 2.14. The predicted octanol–water partition coefficient (Wildman–Crippen LogP) is 3.86. The van der Waals surface area contributed by atoms with E-state index in [1.165, 1.54) is 5.56 Å². The summed E-state index contributed by atoms with van der Waals surface area (Å²) in [5, 5.41) is 0. The molecule has 0 aliphatic heterocycles. The maximum atomic E-state index is 11.4. The summed E-state index contributed by atoms with van der Waals surface area (Å²) in [5.41, 5.74) is 0.671. The molecule has 1 aromatic carbocycles. The minimum Gasteiger partial charge on any atom is -0.428 e. The Morgan fingerprint density at radius 1 is 1.22 bits per heavy atom. The van der Waals surface area contributed by atoms with E-state index in [1.54, 1.807) is 32.9 Å². The van der Waals surface area contributed by atoms with Gasteiger partial charge < -0.3 is 9.47 Å². The molecule has 18 heavy (non-hydrogen) atoms. The van der Waals surface area contributed by atoms with Gasteiger partial charge in [-0.15, -0.1) is 0 Å². The molecule has 0 unspecified atom stereocenters. The van der Waals surface area contributed by atoms with E-state index in [9.17, 15) is 4.79 Å². The lowest BCUT2D eigenvalue weighted by molar-refractivity contribution is 0.0206. The molecule has 100 valence electrons. The van der Waals surface area contributed by atoms with Crippen LogP contribution in [-0.4, -0.2) is 17.5 Å². The molecule has 0 atom stereocenters. The van der Waals surface area contributed by atoms with E-state index in [1.807, 2.05) is 12.1 Å². The Balaban J connectivity index is 2.50. The Morgan fingerprint density at radius 2 is 1.83 bits per heavy atom. The highest BCUT2D eigenvalue weighted by atomic mass is 32.1. The first kappa shape index (κ1) is 14.9. The molecule has 0 spiro atoms. The van der Waals surface area contributed by atoms with Crippen LogP contribution in [0.25, 0.3) is 0 Å². The molecule has 0 amide bonds. The summed E-state index contributed by atoms with van der Waals surface area (Å²) in [6.45, 7) is 5.40. The largest absolute Gasteiger partial charge is 0.514 e. The minimum absolute atomic E-state index is 0.499. The van der Waals surface area contributed by atoms with Crippen molar-refractivity contribution in [3.05, 3.63) is 29.8 Å². The highest BCUT2D eigenvalue weighted by Crippen LogP contribution is 2.16. The van der Waals surface area contributed by atoms with E-state index >= 15 is 0 Å². The standard InChI is InChI=1S/C14H20O3S/c1-14(2,3)17-13(15)16-12-8-6-11(7-9-12)5-4-10-18/h6-9,18H,4-5,10H2,1-3H3. The average molecular weight is 268 g/mol. The summed E-state index contributed by atoms with van der Waals surface area (Å²) in [6, 6.07) is 7.45. The van der Waals surface area contributed by atoms with Gasteiger partial charge in [-0.25, -0.2) is 4.79 Å². The van der Waals surface area contributed by atoms with Crippen molar-refractivity contribution in [3.8, 4) is 5.75 Å². The second kappa shape index (κ2) is 6.69. The first-order valence-corrected chi connectivity index (χ1v) is 6.64. The molecular weight excluding hydrogens is 248 g/mol. The van der Waals surface area contributed by atoms with Gasteiger partial charge in [-0.2, -0.15) is 12.6 Å². The van der Waals surface area contributed by atoms with Crippen LogP contribution in [-0.2, 0) is 11.2 Å². The van der Waals surface area contributed by atoms with Gasteiger partial charge in [-0.1, -0.05) is 12.1 Å². The third kappa shape index (κ3) is 5.96. The maximum absolute atomic E-state index is 11.4. The predicted molar refractivity (Wildman–Crippen MR) is 75.5 cm³/mol. The zero-order valence-electron chi connectivity index (χ0n) is 11.1. The normalized spacial score (nSPS) is 11.1. The van der Waals surface area contributed by atoms with Crippen molar-refractivity contribution < 1.29 is 14.3 Å². The van der Waals surface area contributed by atoms with E-state index in [0.29, 0.717) is 5.75 Å². The molecule has 1 rings (SSSR count). The maximum Gasteiger partial charge on any atom is 0.514 e. The van der Waals surface area contributed by atoms with Crippen molar-refractivity contribution in [1.29, 1.82) is 0 Å². The number of carbonyl (C=O) groups excluding carboxylic acids is 1. The molecular formula is C14H20O3S. The van der Waals surface area contributed by atoms with E-state index in [0.717, 1.165) is 18.6 Å². The Kier molecular flexibility index (Phi) is 5.54. The summed E-state index contributed by atoms with van der Waals surface area (Å²) in [5.74, 6) is 1.37.